The summed E-state index contributed by atoms with van der Waals surface area (Å²) in [5.74, 6) is 0.151. The Morgan fingerprint density at radius 3 is 2.65 bits per heavy atom. The molecule has 0 amide bonds. The molecule has 1 atom stereocenters. The van der Waals surface area contributed by atoms with Gasteiger partial charge in [0.25, 0.3) is 0 Å². The number of rotatable bonds is 4. The number of hydrogen-bond acceptors (Lipinski definition) is 2. The van der Waals surface area contributed by atoms with Crippen molar-refractivity contribution in [3.63, 3.8) is 0 Å². The standard InChI is InChI=1S/C14H16FNO/c1-2-3-10-6-9-13(16-17)14(10)11-4-7-12(15)8-5-11/h4-5,7-8,10H,2-3,6,9H2,1H3. The maximum absolute atomic E-state index is 12.9. The lowest BCUT2D eigenvalue weighted by atomic mass is 9.91. The molecule has 0 saturated heterocycles. The molecule has 2 rings (SSSR count). The van der Waals surface area contributed by atoms with Crippen LogP contribution in [0.1, 0.15) is 38.2 Å². The van der Waals surface area contributed by atoms with E-state index < -0.39 is 0 Å². The van der Waals surface area contributed by atoms with Crippen molar-refractivity contribution in [2.45, 2.75) is 32.6 Å². The molecule has 17 heavy (non-hydrogen) atoms. The normalized spacial score (nSPS) is 19.8. The first kappa shape index (κ1) is 12.0. The summed E-state index contributed by atoms with van der Waals surface area (Å²) in [5, 5.41) is 3.14. The van der Waals surface area contributed by atoms with E-state index in [2.05, 4.69) is 12.1 Å². The molecule has 0 heterocycles. The lowest BCUT2D eigenvalue weighted by Crippen LogP contribution is -1.98. The molecule has 1 unspecified atom stereocenters. The van der Waals surface area contributed by atoms with Gasteiger partial charge in [-0.2, -0.15) is 0 Å². The minimum atomic E-state index is -0.250. The van der Waals surface area contributed by atoms with E-state index in [0.717, 1.165) is 36.8 Å². The molecule has 0 bridgehead atoms. The summed E-state index contributed by atoms with van der Waals surface area (Å²) in [5.41, 5.74) is 2.62. The molecule has 1 aromatic carbocycles. The number of nitroso groups, excluding NO2 is 1. The van der Waals surface area contributed by atoms with Gasteiger partial charge in [0.05, 0.1) is 5.70 Å². The van der Waals surface area contributed by atoms with Crippen LogP contribution in [0, 0.1) is 16.6 Å². The molecule has 2 nitrogen and oxygen atoms in total. The van der Waals surface area contributed by atoms with Gasteiger partial charge < -0.3 is 0 Å². The second-order valence-corrected chi connectivity index (χ2v) is 4.48. The lowest BCUT2D eigenvalue weighted by molar-refractivity contribution is 0.579. The van der Waals surface area contributed by atoms with Gasteiger partial charge in [-0.05, 0) is 53.6 Å². The number of halogens is 1. The van der Waals surface area contributed by atoms with Gasteiger partial charge in [-0.3, -0.25) is 0 Å². The van der Waals surface area contributed by atoms with Gasteiger partial charge in [-0.1, -0.05) is 25.5 Å². The van der Waals surface area contributed by atoms with E-state index in [-0.39, 0.29) is 5.82 Å². The zero-order chi connectivity index (χ0) is 12.3. The first-order chi connectivity index (χ1) is 8.26. The fraction of sp³-hybridized carbons (Fsp3) is 0.429. The molecule has 90 valence electrons. The van der Waals surface area contributed by atoms with Crippen LogP contribution in [0.15, 0.2) is 35.1 Å². The largest absolute Gasteiger partial charge is 0.207 e. The Balaban J connectivity index is 2.37. The number of allylic oxidation sites excluding steroid dienone is 2. The van der Waals surface area contributed by atoms with Crippen LogP contribution in [0.3, 0.4) is 0 Å². The number of benzene rings is 1. The van der Waals surface area contributed by atoms with E-state index in [4.69, 9.17) is 0 Å². The summed E-state index contributed by atoms with van der Waals surface area (Å²) in [7, 11) is 0. The highest BCUT2D eigenvalue weighted by Gasteiger charge is 2.26. The molecule has 0 aliphatic heterocycles. The maximum atomic E-state index is 12.9. The SMILES string of the molecule is CCCC1CCC(N=O)=C1c1ccc(F)cc1. The van der Waals surface area contributed by atoms with E-state index in [0.29, 0.717) is 11.6 Å². The molecule has 0 aromatic heterocycles. The van der Waals surface area contributed by atoms with Crippen molar-refractivity contribution in [3.8, 4) is 0 Å². The summed E-state index contributed by atoms with van der Waals surface area (Å²) in [6, 6.07) is 6.35. The Morgan fingerprint density at radius 1 is 1.35 bits per heavy atom. The number of hydrogen-bond donors (Lipinski definition) is 0. The minimum absolute atomic E-state index is 0.250. The lowest BCUT2D eigenvalue weighted by Gasteiger charge is -2.14. The van der Waals surface area contributed by atoms with Gasteiger partial charge in [0.15, 0.2) is 0 Å². The van der Waals surface area contributed by atoms with E-state index in [1.54, 1.807) is 12.1 Å². The molecule has 0 spiro atoms. The third-order valence-electron chi connectivity index (χ3n) is 3.35. The summed E-state index contributed by atoms with van der Waals surface area (Å²) < 4.78 is 12.9. The minimum Gasteiger partial charge on any atom is -0.207 e. The summed E-state index contributed by atoms with van der Waals surface area (Å²) in [4.78, 5) is 10.8. The monoisotopic (exact) mass is 233 g/mol. The number of nitrogens with zero attached hydrogens (tertiary/aromatic N) is 1. The Hall–Kier alpha value is -1.51. The van der Waals surface area contributed by atoms with Gasteiger partial charge >= 0.3 is 0 Å². The molecule has 1 aliphatic rings. The fourth-order valence-corrected chi connectivity index (χ4v) is 2.59. The van der Waals surface area contributed by atoms with Gasteiger partial charge in [0.1, 0.15) is 5.82 Å². The second-order valence-electron chi connectivity index (χ2n) is 4.48. The van der Waals surface area contributed by atoms with E-state index in [1.165, 1.54) is 12.1 Å². The van der Waals surface area contributed by atoms with E-state index >= 15 is 0 Å². The van der Waals surface area contributed by atoms with Crippen molar-refractivity contribution < 1.29 is 4.39 Å². The van der Waals surface area contributed by atoms with Crippen LogP contribution in [-0.4, -0.2) is 0 Å². The van der Waals surface area contributed by atoms with E-state index in [9.17, 15) is 9.30 Å². The maximum Gasteiger partial charge on any atom is 0.123 e. The Morgan fingerprint density at radius 2 is 2.06 bits per heavy atom. The predicted octanol–water partition coefficient (Wildman–Crippen LogP) is 4.51. The first-order valence-electron chi connectivity index (χ1n) is 6.08. The van der Waals surface area contributed by atoms with Crippen molar-refractivity contribution >= 4 is 5.57 Å². The zero-order valence-electron chi connectivity index (χ0n) is 9.95. The van der Waals surface area contributed by atoms with Crippen LogP contribution >= 0.6 is 0 Å². The van der Waals surface area contributed by atoms with Crippen molar-refractivity contribution in [1.82, 2.24) is 0 Å². The molecule has 1 aromatic rings. The second kappa shape index (κ2) is 5.21. The van der Waals surface area contributed by atoms with Gasteiger partial charge in [-0.15, -0.1) is 4.91 Å². The van der Waals surface area contributed by atoms with Crippen LogP contribution in [0.5, 0.6) is 0 Å². The Labute approximate surface area is 101 Å². The van der Waals surface area contributed by atoms with Crippen molar-refractivity contribution in [2.24, 2.45) is 11.1 Å². The molecular weight excluding hydrogens is 217 g/mol. The molecule has 0 fully saturated rings. The topological polar surface area (TPSA) is 29.4 Å². The smallest absolute Gasteiger partial charge is 0.123 e. The highest BCUT2D eigenvalue weighted by Crippen LogP contribution is 2.41. The molecule has 1 aliphatic carbocycles. The van der Waals surface area contributed by atoms with Crippen LogP contribution in [0.2, 0.25) is 0 Å². The molecule has 0 N–H and O–H groups in total. The molecular formula is C14H16FNO. The third-order valence-corrected chi connectivity index (χ3v) is 3.35. The van der Waals surface area contributed by atoms with Crippen LogP contribution < -0.4 is 0 Å². The quantitative estimate of drug-likeness (QED) is 0.703. The average molecular weight is 233 g/mol. The fourth-order valence-electron chi connectivity index (χ4n) is 2.59. The van der Waals surface area contributed by atoms with Crippen molar-refractivity contribution in [3.05, 3.63) is 46.3 Å². The molecule has 0 radical (unpaired) electrons. The van der Waals surface area contributed by atoms with Crippen molar-refractivity contribution in [2.75, 3.05) is 0 Å². The van der Waals surface area contributed by atoms with Crippen molar-refractivity contribution in [1.29, 1.82) is 0 Å². The van der Waals surface area contributed by atoms with Crippen LogP contribution in [0.25, 0.3) is 5.57 Å². The molecule has 0 saturated carbocycles. The van der Waals surface area contributed by atoms with E-state index in [1.807, 2.05) is 0 Å². The summed E-state index contributed by atoms with van der Waals surface area (Å²) >= 11 is 0. The highest BCUT2D eigenvalue weighted by molar-refractivity contribution is 5.72. The summed E-state index contributed by atoms with van der Waals surface area (Å²) in [6.07, 6.45) is 3.88. The average Bonchev–Trinajstić information content (AvgIpc) is 2.74. The highest BCUT2D eigenvalue weighted by atomic mass is 19.1. The van der Waals surface area contributed by atoms with Gasteiger partial charge in [0.2, 0.25) is 0 Å². The Kier molecular flexibility index (Phi) is 3.67. The predicted molar refractivity (Wildman–Crippen MR) is 66.7 cm³/mol. The third kappa shape index (κ3) is 2.43. The van der Waals surface area contributed by atoms with Crippen LogP contribution in [0.4, 0.5) is 4.39 Å². The molecule has 3 heteroatoms. The zero-order valence-corrected chi connectivity index (χ0v) is 9.95. The van der Waals surface area contributed by atoms with Gasteiger partial charge in [0, 0.05) is 0 Å². The Bertz CT molecular complexity index is 436. The van der Waals surface area contributed by atoms with Crippen LogP contribution in [-0.2, 0) is 0 Å². The first-order valence-corrected chi connectivity index (χ1v) is 6.08. The van der Waals surface area contributed by atoms with Gasteiger partial charge in [-0.25, -0.2) is 4.39 Å². The summed E-state index contributed by atoms with van der Waals surface area (Å²) in [6.45, 7) is 2.13.